The second-order valence-corrected chi connectivity index (χ2v) is 4.94. The number of benzene rings is 1. The minimum atomic E-state index is -0.283. The number of halogens is 1. The van der Waals surface area contributed by atoms with Crippen molar-refractivity contribution in [2.24, 2.45) is 5.84 Å². The van der Waals surface area contributed by atoms with E-state index in [-0.39, 0.29) is 5.91 Å². The Morgan fingerprint density at radius 3 is 2.79 bits per heavy atom. The molecular formula is C13H13BrN4O. The Kier molecular flexibility index (Phi) is 4.13. The lowest BCUT2D eigenvalue weighted by Crippen LogP contribution is -2.16. The molecule has 0 atom stereocenters. The summed E-state index contributed by atoms with van der Waals surface area (Å²) in [6.07, 6.45) is 0. The molecule has 0 unspecified atom stereocenters. The number of carbonyl (C=O) groups is 1. The zero-order chi connectivity index (χ0) is 13.8. The smallest absolute Gasteiger partial charge is 0.274 e. The van der Waals surface area contributed by atoms with Crippen LogP contribution in [0.1, 0.15) is 16.1 Å². The summed E-state index contributed by atoms with van der Waals surface area (Å²) in [6, 6.07) is 10.7. The highest BCUT2D eigenvalue weighted by Crippen LogP contribution is 2.19. The number of hydrogen-bond acceptors (Lipinski definition) is 4. The van der Waals surface area contributed by atoms with Crippen LogP contribution < -0.4 is 16.6 Å². The van der Waals surface area contributed by atoms with Crippen LogP contribution in [0.15, 0.2) is 40.9 Å². The Morgan fingerprint density at radius 2 is 2.11 bits per heavy atom. The van der Waals surface area contributed by atoms with E-state index in [0.717, 1.165) is 10.0 Å². The van der Waals surface area contributed by atoms with Crippen molar-refractivity contribution in [1.82, 2.24) is 4.98 Å². The lowest BCUT2D eigenvalue weighted by atomic mass is 10.2. The van der Waals surface area contributed by atoms with Crippen LogP contribution in [0.2, 0.25) is 0 Å². The SMILES string of the molecule is Cc1cc(Br)cc(NC(=O)c2cccc(NN)n2)c1. The fraction of sp³-hybridized carbons (Fsp3) is 0.0769. The molecule has 1 amide bonds. The maximum Gasteiger partial charge on any atom is 0.274 e. The van der Waals surface area contributed by atoms with Crippen molar-refractivity contribution in [3.63, 3.8) is 0 Å². The van der Waals surface area contributed by atoms with E-state index >= 15 is 0 Å². The van der Waals surface area contributed by atoms with E-state index in [4.69, 9.17) is 5.84 Å². The van der Waals surface area contributed by atoms with E-state index in [1.54, 1.807) is 18.2 Å². The molecule has 0 saturated carbocycles. The van der Waals surface area contributed by atoms with E-state index < -0.39 is 0 Å². The van der Waals surface area contributed by atoms with Crippen molar-refractivity contribution in [2.45, 2.75) is 6.92 Å². The van der Waals surface area contributed by atoms with Crippen LogP contribution in [0.25, 0.3) is 0 Å². The number of aromatic nitrogens is 1. The molecule has 4 N–H and O–H groups in total. The number of carbonyl (C=O) groups excluding carboxylic acids is 1. The van der Waals surface area contributed by atoms with Crippen LogP contribution in [-0.4, -0.2) is 10.9 Å². The van der Waals surface area contributed by atoms with Crippen LogP contribution in [0.5, 0.6) is 0 Å². The lowest BCUT2D eigenvalue weighted by Gasteiger charge is -2.07. The van der Waals surface area contributed by atoms with Gasteiger partial charge < -0.3 is 10.7 Å². The van der Waals surface area contributed by atoms with E-state index in [2.05, 4.69) is 31.7 Å². The number of pyridine rings is 1. The Hall–Kier alpha value is -1.92. The third-order valence-electron chi connectivity index (χ3n) is 2.43. The zero-order valence-corrected chi connectivity index (χ0v) is 11.9. The molecule has 98 valence electrons. The maximum atomic E-state index is 12.0. The summed E-state index contributed by atoms with van der Waals surface area (Å²) in [5, 5.41) is 2.79. The maximum absolute atomic E-state index is 12.0. The van der Waals surface area contributed by atoms with Gasteiger partial charge in [0, 0.05) is 10.2 Å². The van der Waals surface area contributed by atoms with E-state index in [9.17, 15) is 4.79 Å². The van der Waals surface area contributed by atoms with E-state index in [0.29, 0.717) is 17.2 Å². The van der Waals surface area contributed by atoms with Gasteiger partial charge in [-0.1, -0.05) is 22.0 Å². The number of nitrogens with zero attached hydrogens (tertiary/aromatic N) is 1. The first-order valence-corrected chi connectivity index (χ1v) is 6.40. The molecule has 0 saturated heterocycles. The summed E-state index contributed by atoms with van der Waals surface area (Å²) in [6.45, 7) is 1.96. The van der Waals surface area contributed by atoms with Crippen LogP contribution in [0, 0.1) is 6.92 Å². The fourth-order valence-electron chi connectivity index (χ4n) is 1.65. The number of hydrogen-bond donors (Lipinski definition) is 3. The third kappa shape index (κ3) is 3.52. The number of nitrogen functional groups attached to an aromatic ring is 1. The normalized spacial score (nSPS) is 10.1. The van der Waals surface area contributed by atoms with Crippen LogP contribution in [0.3, 0.4) is 0 Å². The summed E-state index contributed by atoms with van der Waals surface area (Å²) in [5.41, 5.74) is 4.47. The number of amides is 1. The summed E-state index contributed by atoms with van der Waals surface area (Å²) in [5.74, 6) is 5.42. The Balaban J connectivity index is 2.20. The van der Waals surface area contributed by atoms with Gasteiger partial charge in [-0.05, 0) is 42.8 Å². The molecule has 0 aliphatic heterocycles. The lowest BCUT2D eigenvalue weighted by molar-refractivity contribution is 0.102. The van der Waals surface area contributed by atoms with Crippen molar-refractivity contribution in [3.05, 3.63) is 52.1 Å². The predicted octanol–water partition coefficient (Wildman–Crippen LogP) is 2.69. The van der Waals surface area contributed by atoms with Gasteiger partial charge in [0.25, 0.3) is 5.91 Å². The quantitative estimate of drug-likeness (QED) is 0.600. The molecule has 2 aromatic rings. The number of aryl methyl sites for hydroxylation is 1. The molecule has 19 heavy (non-hydrogen) atoms. The van der Waals surface area contributed by atoms with Crippen molar-refractivity contribution in [1.29, 1.82) is 0 Å². The monoisotopic (exact) mass is 320 g/mol. The first kappa shape index (κ1) is 13.5. The topological polar surface area (TPSA) is 80.0 Å². The molecule has 5 nitrogen and oxygen atoms in total. The summed E-state index contributed by atoms with van der Waals surface area (Å²) in [7, 11) is 0. The van der Waals surface area contributed by atoms with Gasteiger partial charge in [0.1, 0.15) is 11.5 Å². The summed E-state index contributed by atoms with van der Waals surface area (Å²) in [4.78, 5) is 16.1. The predicted molar refractivity (Wildman–Crippen MR) is 78.9 cm³/mol. The van der Waals surface area contributed by atoms with E-state index in [1.165, 1.54) is 0 Å². The summed E-state index contributed by atoms with van der Waals surface area (Å²) >= 11 is 3.39. The molecule has 6 heteroatoms. The minimum absolute atomic E-state index is 0.283. The van der Waals surface area contributed by atoms with Crippen molar-refractivity contribution >= 4 is 33.3 Å². The van der Waals surface area contributed by atoms with Gasteiger partial charge in [0.05, 0.1) is 0 Å². The Bertz CT molecular complexity index is 595. The molecule has 0 spiro atoms. The molecule has 0 bridgehead atoms. The van der Waals surface area contributed by atoms with E-state index in [1.807, 2.05) is 25.1 Å². The first-order chi connectivity index (χ1) is 9.08. The van der Waals surface area contributed by atoms with Gasteiger partial charge in [-0.15, -0.1) is 0 Å². The van der Waals surface area contributed by atoms with Gasteiger partial charge in [-0.3, -0.25) is 4.79 Å². The average molecular weight is 321 g/mol. The van der Waals surface area contributed by atoms with Gasteiger partial charge in [0.15, 0.2) is 0 Å². The molecule has 0 aliphatic carbocycles. The summed E-state index contributed by atoms with van der Waals surface area (Å²) < 4.78 is 0.910. The van der Waals surface area contributed by atoms with Crippen molar-refractivity contribution in [2.75, 3.05) is 10.7 Å². The van der Waals surface area contributed by atoms with Crippen LogP contribution in [-0.2, 0) is 0 Å². The van der Waals surface area contributed by atoms with Gasteiger partial charge in [-0.2, -0.15) is 0 Å². The molecule has 0 fully saturated rings. The van der Waals surface area contributed by atoms with Crippen molar-refractivity contribution < 1.29 is 4.79 Å². The second kappa shape index (κ2) is 5.81. The van der Waals surface area contributed by atoms with Gasteiger partial charge in [-0.25, -0.2) is 10.8 Å². The number of rotatable bonds is 3. The number of anilines is 2. The van der Waals surface area contributed by atoms with Crippen LogP contribution >= 0.6 is 15.9 Å². The fourth-order valence-corrected chi connectivity index (χ4v) is 2.25. The van der Waals surface area contributed by atoms with Gasteiger partial charge in [0.2, 0.25) is 0 Å². The molecule has 1 aromatic heterocycles. The standard InChI is InChI=1S/C13H13BrN4O/c1-8-5-9(14)7-10(6-8)16-13(19)11-3-2-4-12(17-11)18-15/h2-7H,15H2,1H3,(H,16,19)(H,17,18). The highest BCUT2D eigenvalue weighted by atomic mass is 79.9. The Morgan fingerprint density at radius 1 is 1.32 bits per heavy atom. The molecule has 2 rings (SSSR count). The first-order valence-electron chi connectivity index (χ1n) is 5.61. The number of nitrogens with two attached hydrogens (primary N) is 1. The van der Waals surface area contributed by atoms with Crippen LogP contribution in [0.4, 0.5) is 11.5 Å². The zero-order valence-electron chi connectivity index (χ0n) is 10.3. The second-order valence-electron chi connectivity index (χ2n) is 4.02. The number of nitrogens with one attached hydrogen (secondary N) is 2. The highest BCUT2D eigenvalue weighted by Gasteiger charge is 2.08. The van der Waals surface area contributed by atoms with Gasteiger partial charge >= 0.3 is 0 Å². The molecule has 0 aliphatic rings. The average Bonchev–Trinajstić information content (AvgIpc) is 2.37. The largest absolute Gasteiger partial charge is 0.321 e. The molecular weight excluding hydrogens is 308 g/mol. The molecule has 1 heterocycles. The highest BCUT2D eigenvalue weighted by molar-refractivity contribution is 9.10. The number of hydrazine groups is 1. The molecule has 0 radical (unpaired) electrons. The minimum Gasteiger partial charge on any atom is -0.321 e. The third-order valence-corrected chi connectivity index (χ3v) is 2.89. The Labute approximate surface area is 119 Å². The molecule has 1 aromatic carbocycles. The van der Waals surface area contributed by atoms with Crippen molar-refractivity contribution in [3.8, 4) is 0 Å².